The van der Waals surface area contributed by atoms with Crippen molar-refractivity contribution in [1.29, 1.82) is 5.26 Å². The Bertz CT molecular complexity index is 620. The Balaban J connectivity index is 1.92. The van der Waals surface area contributed by atoms with E-state index in [4.69, 9.17) is 16.9 Å². The fourth-order valence-corrected chi connectivity index (χ4v) is 1.95. The Morgan fingerprint density at radius 1 is 1.11 bits per heavy atom. The maximum absolute atomic E-state index is 13.0. The van der Waals surface area contributed by atoms with Crippen LogP contribution in [0.15, 0.2) is 42.5 Å². The predicted octanol–water partition coefficient (Wildman–Crippen LogP) is 3.64. The Kier molecular flexibility index (Phi) is 4.51. The highest BCUT2D eigenvalue weighted by atomic mass is 35.5. The van der Waals surface area contributed by atoms with Gasteiger partial charge in [-0.05, 0) is 35.4 Å². The molecule has 4 heteroatoms. The molecule has 0 spiro atoms. The number of hydrogen-bond donors (Lipinski definition) is 1. The minimum Gasteiger partial charge on any atom is -0.309 e. The molecule has 0 unspecified atom stereocenters. The van der Waals surface area contributed by atoms with Crippen molar-refractivity contribution in [2.24, 2.45) is 0 Å². The first kappa shape index (κ1) is 13.5. The molecule has 2 rings (SSSR count). The van der Waals surface area contributed by atoms with E-state index in [1.54, 1.807) is 18.2 Å². The molecule has 0 radical (unpaired) electrons. The minimum atomic E-state index is -0.410. The fourth-order valence-electron chi connectivity index (χ4n) is 1.75. The minimum absolute atomic E-state index is 0.130. The zero-order valence-electron chi connectivity index (χ0n) is 10.2. The standard InChI is InChI=1S/C15H12ClFN2/c16-14-7-13(4-5-15(14)17)10-19-9-12-3-1-2-11(6-12)8-18/h1-7,19H,9-10H2. The molecule has 0 bridgehead atoms. The van der Waals surface area contributed by atoms with E-state index in [1.165, 1.54) is 6.07 Å². The van der Waals surface area contributed by atoms with Gasteiger partial charge in [-0.1, -0.05) is 29.8 Å². The highest BCUT2D eigenvalue weighted by molar-refractivity contribution is 6.30. The first-order valence-corrected chi connectivity index (χ1v) is 6.20. The van der Waals surface area contributed by atoms with Gasteiger partial charge in [0, 0.05) is 13.1 Å². The van der Waals surface area contributed by atoms with E-state index in [1.807, 2.05) is 18.2 Å². The summed E-state index contributed by atoms with van der Waals surface area (Å²) in [7, 11) is 0. The van der Waals surface area contributed by atoms with Gasteiger partial charge in [-0.15, -0.1) is 0 Å². The molecule has 0 saturated heterocycles. The summed E-state index contributed by atoms with van der Waals surface area (Å²) in [5.74, 6) is -0.410. The monoisotopic (exact) mass is 274 g/mol. The molecule has 2 aromatic rings. The first-order valence-electron chi connectivity index (χ1n) is 5.83. The molecule has 19 heavy (non-hydrogen) atoms. The zero-order chi connectivity index (χ0) is 13.7. The molecule has 0 fully saturated rings. The second-order valence-electron chi connectivity index (χ2n) is 4.16. The normalized spacial score (nSPS) is 10.2. The lowest BCUT2D eigenvalue weighted by molar-refractivity contribution is 0.625. The Morgan fingerprint density at radius 2 is 1.84 bits per heavy atom. The van der Waals surface area contributed by atoms with Crippen LogP contribution in [0.5, 0.6) is 0 Å². The largest absolute Gasteiger partial charge is 0.309 e. The molecule has 2 aromatic carbocycles. The van der Waals surface area contributed by atoms with Crippen LogP contribution in [0.25, 0.3) is 0 Å². The quantitative estimate of drug-likeness (QED) is 0.924. The maximum Gasteiger partial charge on any atom is 0.141 e. The van der Waals surface area contributed by atoms with E-state index in [9.17, 15) is 4.39 Å². The Labute approximate surface area is 116 Å². The van der Waals surface area contributed by atoms with Gasteiger partial charge in [0.05, 0.1) is 16.7 Å². The van der Waals surface area contributed by atoms with Crippen molar-refractivity contribution in [2.75, 3.05) is 0 Å². The summed E-state index contributed by atoms with van der Waals surface area (Å²) in [5, 5.41) is 12.2. The summed E-state index contributed by atoms with van der Waals surface area (Å²) >= 11 is 5.71. The van der Waals surface area contributed by atoms with Gasteiger partial charge < -0.3 is 5.32 Å². The second-order valence-corrected chi connectivity index (χ2v) is 4.57. The third-order valence-electron chi connectivity index (χ3n) is 2.70. The molecule has 0 atom stereocenters. The van der Waals surface area contributed by atoms with Gasteiger partial charge in [0.15, 0.2) is 0 Å². The molecule has 96 valence electrons. The lowest BCUT2D eigenvalue weighted by Crippen LogP contribution is -2.12. The van der Waals surface area contributed by atoms with E-state index >= 15 is 0 Å². The summed E-state index contributed by atoms with van der Waals surface area (Å²) in [6.45, 7) is 1.24. The summed E-state index contributed by atoms with van der Waals surface area (Å²) in [4.78, 5) is 0. The van der Waals surface area contributed by atoms with Crippen LogP contribution in [0.4, 0.5) is 4.39 Å². The van der Waals surface area contributed by atoms with Gasteiger partial charge in [0.25, 0.3) is 0 Å². The molecule has 0 amide bonds. The molecule has 0 aliphatic rings. The molecular weight excluding hydrogens is 263 g/mol. The third-order valence-corrected chi connectivity index (χ3v) is 2.99. The van der Waals surface area contributed by atoms with Crippen molar-refractivity contribution in [2.45, 2.75) is 13.1 Å². The molecule has 0 aromatic heterocycles. The van der Waals surface area contributed by atoms with Crippen molar-refractivity contribution >= 4 is 11.6 Å². The van der Waals surface area contributed by atoms with Crippen LogP contribution in [0.2, 0.25) is 5.02 Å². The molecule has 0 heterocycles. The van der Waals surface area contributed by atoms with Gasteiger partial charge in [-0.3, -0.25) is 0 Å². The highest BCUT2D eigenvalue weighted by Crippen LogP contribution is 2.16. The zero-order valence-corrected chi connectivity index (χ0v) is 10.9. The topological polar surface area (TPSA) is 35.8 Å². The lowest BCUT2D eigenvalue weighted by Gasteiger charge is -2.06. The van der Waals surface area contributed by atoms with E-state index in [0.717, 1.165) is 11.1 Å². The summed E-state index contributed by atoms with van der Waals surface area (Å²) in [6, 6.07) is 14.2. The van der Waals surface area contributed by atoms with Crippen LogP contribution in [0.3, 0.4) is 0 Å². The van der Waals surface area contributed by atoms with Crippen molar-refractivity contribution in [3.63, 3.8) is 0 Å². The average Bonchev–Trinajstić information content (AvgIpc) is 2.43. The van der Waals surface area contributed by atoms with Crippen LogP contribution < -0.4 is 5.32 Å². The van der Waals surface area contributed by atoms with Crippen LogP contribution in [-0.2, 0) is 13.1 Å². The van der Waals surface area contributed by atoms with Crippen molar-refractivity contribution in [1.82, 2.24) is 5.32 Å². The summed E-state index contributed by atoms with van der Waals surface area (Å²) in [6.07, 6.45) is 0. The molecule has 0 aliphatic carbocycles. The molecule has 1 N–H and O–H groups in total. The molecule has 2 nitrogen and oxygen atoms in total. The predicted molar refractivity (Wildman–Crippen MR) is 73.1 cm³/mol. The number of nitriles is 1. The number of nitrogens with one attached hydrogen (secondary N) is 1. The number of hydrogen-bond acceptors (Lipinski definition) is 2. The van der Waals surface area contributed by atoms with Gasteiger partial charge in [0.1, 0.15) is 5.82 Å². The van der Waals surface area contributed by atoms with Crippen molar-refractivity contribution < 1.29 is 4.39 Å². The first-order chi connectivity index (χ1) is 9.19. The lowest BCUT2D eigenvalue weighted by atomic mass is 10.1. The average molecular weight is 275 g/mol. The summed E-state index contributed by atoms with van der Waals surface area (Å²) < 4.78 is 13.0. The van der Waals surface area contributed by atoms with Gasteiger partial charge >= 0.3 is 0 Å². The number of halogens is 2. The van der Waals surface area contributed by atoms with Gasteiger partial charge in [-0.2, -0.15) is 5.26 Å². The van der Waals surface area contributed by atoms with Gasteiger partial charge in [-0.25, -0.2) is 4.39 Å². The number of benzene rings is 2. The number of rotatable bonds is 4. The smallest absolute Gasteiger partial charge is 0.141 e. The van der Waals surface area contributed by atoms with E-state index in [2.05, 4.69) is 11.4 Å². The maximum atomic E-state index is 13.0. The van der Waals surface area contributed by atoms with Crippen LogP contribution >= 0.6 is 11.6 Å². The number of nitrogens with zero attached hydrogens (tertiary/aromatic N) is 1. The second kappa shape index (κ2) is 6.33. The molecule has 0 aliphatic heterocycles. The highest BCUT2D eigenvalue weighted by Gasteiger charge is 2.01. The summed E-state index contributed by atoms with van der Waals surface area (Å²) in [5.41, 5.74) is 2.60. The Hall–Kier alpha value is -1.89. The third kappa shape index (κ3) is 3.78. The van der Waals surface area contributed by atoms with Crippen molar-refractivity contribution in [3.05, 3.63) is 70.0 Å². The van der Waals surface area contributed by atoms with Gasteiger partial charge in [0.2, 0.25) is 0 Å². The Morgan fingerprint density at radius 3 is 2.53 bits per heavy atom. The molecule has 0 saturated carbocycles. The van der Waals surface area contributed by atoms with E-state index in [0.29, 0.717) is 18.7 Å². The van der Waals surface area contributed by atoms with Crippen molar-refractivity contribution in [3.8, 4) is 6.07 Å². The van der Waals surface area contributed by atoms with E-state index in [-0.39, 0.29) is 5.02 Å². The van der Waals surface area contributed by atoms with Crippen LogP contribution in [0.1, 0.15) is 16.7 Å². The SMILES string of the molecule is N#Cc1cccc(CNCc2ccc(F)c(Cl)c2)c1. The van der Waals surface area contributed by atoms with Crippen LogP contribution in [0, 0.1) is 17.1 Å². The van der Waals surface area contributed by atoms with E-state index < -0.39 is 5.82 Å². The van der Waals surface area contributed by atoms with Crippen LogP contribution in [-0.4, -0.2) is 0 Å². The fraction of sp³-hybridized carbons (Fsp3) is 0.133. The molecular formula is C15H12ClFN2.